The molecule has 16 heavy (non-hydrogen) atoms. The van der Waals surface area contributed by atoms with E-state index < -0.39 is 0 Å². The van der Waals surface area contributed by atoms with Crippen LogP contribution in [0.1, 0.15) is 12.5 Å². The molecule has 1 unspecified atom stereocenters. The zero-order chi connectivity index (χ0) is 11.4. The summed E-state index contributed by atoms with van der Waals surface area (Å²) in [5, 5.41) is 4.21. The smallest absolute Gasteiger partial charge is 0.156 e. The van der Waals surface area contributed by atoms with Gasteiger partial charge in [0.05, 0.1) is 0 Å². The van der Waals surface area contributed by atoms with Crippen molar-refractivity contribution in [3.05, 3.63) is 35.6 Å². The van der Waals surface area contributed by atoms with Crippen LogP contribution >= 0.6 is 11.8 Å². The first-order valence-corrected chi connectivity index (χ1v) is 6.38. The number of thioether (sulfide) groups is 1. The van der Waals surface area contributed by atoms with Crippen molar-refractivity contribution in [3.8, 4) is 0 Å². The lowest BCUT2D eigenvalue weighted by Gasteiger charge is -2.17. The minimum Gasteiger partial charge on any atom is -0.361 e. The van der Waals surface area contributed by atoms with E-state index in [1.807, 2.05) is 6.07 Å². The molecular weight excluding hydrogens is 223 g/mol. The van der Waals surface area contributed by atoms with Gasteiger partial charge in [-0.25, -0.2) is 4.39 Å². The third-order valence-corrected chi connectivity index (χ3v) is 3.67. The molecule has 1 atom stereocenters. The van der Waals surface area contributed by atoms with E-state index in [1.165, 1.54) is 6.07 Å². The van der Waals surface area contributed by atoms with Gasteiger partial charge in [0.1, 0.15) is 5.82 Å². The van der Waals surface area contributed by atoms with Crippen LogP contribution in [0.15, 0.2) is 29.3 Å². The Morgan fingerprint density at radius 2 is 2.44 bits per heavy atom. The normalized spacial score (nSPS) is 20.4. The molecule has 86 valence electrons. The molecule has 2 nitrogen and oxygen atoms in total. The molecule has 0 aliphatic carbocycles. The van der Waals surface area contributed by atoms with Gasteiger partial charge in [-0.1, -0.05) is 30.8 Å². The molecule has 0 amide bonds. The standard InChI is InChI=1S/C12H15FN2S/c1-9-6-14-12(16-8-9)15-7-10-3-2-4-11(13)5-10/h2-5,9H,6-8H2,1H3,(H,14,15). The van der Waals surface area contributed by atoms with Crippen molar-refractivity contribution in [2.45, 2.75) is 13.5 Å². The molecule has 1 aliphatic heterocycles. The lowest BCUT2D eigenvalue weighted by atomic mass is 10.2. The number of nitrogens with one attached hydrogen (secondary N) is 1. The second-order valence-electron chi connectivity index (χ2n) is 4.05. The summed E-state index contributed by atoms with van der Waals surface area (Å²) in [5.41, 5.74) is 0.946. The van der Waals surface area contributed by atoms with Crippen molar-refractivity contribution < 1.29 is 4.39 Å². The number of benzene rings is 1. The molecule has 1 aromatic rings. The predicted molar refractivity (Wildman–Crippen MR) is 67.2 cm³/mol. The Balaban J connectivity index is 1.88. The number of rotatable bonds is 2. The van der Waals surface area contributed by atoms with E-state index in [0.29, 0.717) is 12.5 Å². The number of hydrogen-bond donors (Lipinski definition) is 1. The van der Waals surface area contributed by atoms with Crippen LogP contribution in [0.4, 0.5) is 4.39 Å². The highest BCUT2D eigenvalue weighted by molar-refractivity contribution is 8.13. The summed E-state index contributed by atoms with van der Waals surface area (Å²) in [4.78, 5) is 4.42. The molecule has 0 aromatic heterocycles. The molecule has 1 aliphatic rings. The summed E-state index contributed by atoms with van der Waals surface area (Å²) >= 11 is 1.74. The van der Waals surface area contributed by atoms with Crippen LogP contribution in [-0.2, 0) is 6.54 Å². The van der Waals surface area contributed by atoms with Crippen molar-refractivity contribution in [1.29, 1.82) is 0 Å². The third-order valence-electron chi connectivity index (χ3n) is 2.38. The van der Waals surface area contributed by atoms with Gasteiger partial charge in [-0.15, -0.1) is 0 Å². The largest absolute Gasteiger partial charge is 0.361 e. The van der Waals surface area contributed by atoms with Gasteiger partial charge in [-0.2, -0.15) is 0 Å². The molecule has 0 radical (unpaired) electrons. The van der Waals surface area contributed by atoms with Gasteiger partial charge in [0, 0.05) is 18.8 Å². The van der Waals surface area contributed by atoms with Crippen LogP contribution in [0.2, 0.25) is 0 Å². The minimum absolute atomic E-state index is 0.189. The molecule has 1 aromatic carbocycles. The molecule has 4 heteroatoms. The second kappa shape index (κ2) is 5.34. The summed E-state index contributed by atoms with van der Waals surface area (Å²) in [6.07, 6.45) is 0. The highest BCUT2D eigenvalue weighted by Gasteiger charge is 2.11. The van der Waals surface area contributed by atoms with Gasteiger partial charge in [0.2, 0.25) is 0 Å². The van der Waals surface area contributed by atoms with Gasteiger partial charge in [-0.05, 0) is 23.6 Å². The first kappa shape index (κ1) is 11.5. The van der Waals surface area contributed by atoms with Crippen molar-refractivity contribution in [1.82, 2.24) is 5.32 Å². The zero-order valence-electron chi connectivity index (χ0n) is 9.24. The fourth-order valence-corrected chi connectivity index (χ4v) is 2.38. The fraction of sp³-hybridized carbons (Fsp3) is 0.417. The lowest BCUT2D eigenvalue weighted by molar-refractivity contribution is 0.624. The Bertz CT molecular complexity index is 392. The number of halogens is 1. The van der Waals surface area contributed by atoms with Gasteiger partial charge >= 0.3 is 0 Å². The molecule has 1 N–H and O–H groups in total. The molecule has 2 rings (SSSR count). The van der Waals surface area contributed by atoms with E-state index >= 15 is 0 Å². The summed E-state index contributed by atoms with van der Waals surface area (Å²) in [6, 6.07) is 6.64. The van der Waals surface area contributed by atoms with E-state index in [4.69, 9.17) is 0 Å². The Morgan fingerprint density at radius 3 is 3.12 bits per heavy atom. The van der Waals surface area contributed by atoms with E-state index in [2.05, 4.69) is 17.2 Å². The van der Waals surface area contributed by atoms with Crippen LogP contribution in [-0.4, -0.2) is 17.5 Å². The maximum Gasteiger partial charge on any atom is 0.156 e. The SMILES string of the molecule is CC1CN=C(NCc2cccc(F)c2)SC1. The second-order valence-corrected chi connectivity index (χ2v) is 5.05. The number of nitrogens with zero attached hydrogens (tertiary/aromatic N) is 1. The van der Waals surface area contributed by atoms with Crippen LogP contribution in [0, 0.1) is 11.7 Å². The first-order valence-electron chi connectivity index (χ1n) is 5.39. The van der Waals surface area contributed by atoms with Crippen molar-refractivity contribution in [2.24, 2.45) is 10.9 Å². The van der Waals surface area contributed by atoms with Gasteiger partial charge in [-0.3, -0.25) is 4.99 Å². The maximum atomic E-state index is 12.9. The topological polar surface area (TPSA) is 24.4 Å². The number of hydrogen-bond acceptors (Lipinski definition) is 3. The van der Waals surface area contributed by atoms with E-state index in [0.717, 1.165) is 23.0 Å². The van der Waals surface area contributed by atoms with Crippen LogP contribution < -0.4 is 5.32 Å². The minimum atomic E-state index is -0.189. The molecule has 1 heterocycles. The van der Waals surface area contributed by atoms with Crippen molar-refractivity contribution in [3.63, 3.8) is 0 Å². The number of aliphatic imine (C=N–C) groups is 1. The lowest BCUT2D eigenvalue weighted by Crippen LogP contribution is -2.25. The van der Waals surface area contributed by atoms with Gasteiger partial charge < -0.3 is 5.32 Å². The molecule has 0 bridgehead atoms. The third kappa shape index (κ3) is 3.23. The molecule has 0 saturated heterocycles. The molecular formula is C12H15FN2S. The number of amidine groups is 1. The Hall–Kier alpha value is -1.03. The van der Waals surface area contributed by atoms with E-state index in [1.54, 1.807) is 23.9 Å². The highest BCUT2D eigenvalue weighted by Crippen LogP contribution is 2.16. The van der Waals surface area contributed by atoms with Crippen LogP contribution in [0.25, 0.3) is 0 Å². The fourth-order valence-electron chi connectivity index (χ4n) is 1.49. The Labute approximate surface area is 99.3 Å². The monoisotopic (exact) mass is 238 g/mol. The van der Waals surface area contributed by atoms with Gasteiger partial charge in [0.25, 0.3) is 0 Å². The summed E-state index contributed by atoms with van der Waals surface area (Å²) in [5.74, 6) is 1.57. The van der Waals surface area contributed by atoms with E-state index in [9.17, 15) is 4.39 Å². The quantitative estimate of drug-likeness (QED) is 0.856. The first-order chi connectivity index (χ1) is 7.74. The summed E-state index contributed by atoms with van der Waals surface area (Å²) < 4.78 is 12.9. The highest BCUT2D eigenvalue weighted by atomic mass is 32.2. The van der Waals surface area contributed by atoms with Crippen molar-refractivity contribution in [2.75, 3.05) is 12.3 Å². The molecule has 0 fully saturated rings. The molecule has 0 saturated carbocycles. The van der Waals surface area contributed by atoms with Gasteiger partial charge in [0.15, 0.2) is 5.17 Å². The van der Waals surface area contributed by atoms with E-state index in [-0.39, 0.29) is 5.82 Å². The Kier molecular flexibility index (Phi) is 3.83. The Morgan fingerprint density at radius 1 is 1.56 bits per heavy atom. The maximum absolute atomic E-state index is 12.9. The average Bonchev–Trinajstić information content (AvgIpc) is 2.28. The zero-order valence-corrected chi connectivity index (χ0v) is 10.1. The predicted octanol–water partition coefficient (Wildman–Crippen LogP) is 2.65. The van der Waals surface area contributed by atoms with Crippen LogP contribution in [0.3, 0.4) is 0 Å². The van der Waals surface area contributed by atoms with Crippen LogP contribution in [0.5, 0.6) is 0 Å². The van der Waals surface area contributed by atoms with Crippen molar-refractivity contribution >= 4 is 16.9 Å². The average molecular weight is 238 g/mol. The summed E-state index contributed by atoms with van der Waals surface area (Å²) in [6.45, 7) is 3.72. The molecule has 0 spiro atoms. The summed E-state index contributed by atoms with van der Waals surface area (Å²) in [7, 11) is 0.